The van der Waals surface area contributed by atoms with Crippen LogP contribution in [0.15, 0.2) is 10.9 Å². The SMILES string of the molecule is O=C(c1cc(=O)[nH]c(C2CC2)n1)N1CCC(C(=O)N2CCCCCC2)CC1. The first-order chi connectivity index (χ1) is 13.1. The van der Waals surface area contributed by atoms with Gasteiger partial charge in [0.15, 0.2) is 0 Å². The molecule has 1 aliphatic carbocycles. The summed E-state index contributed by atoms with van der Waals surface area (Å²) in [6.45, 7) is 2.85. The number of H-pyrrole nitrogens is 1. The minimum absolute atomic E-state index is 0.0151. The third-order valence-corrected chi connectivity index (χ3v) is 5.99. The van der Waals surface area contributed by atoms with Crippen LogP contribution in [0, 0.1) is 5.92 Å². The average molecular weight is 372 g/mol. The smallest absolute Gasteiger partial charge is 0.272 e. The molecule has 3 fully saturated rings. The lowest BCUT2D eigenvalue weighted by Crippen LogP contribution is -2.45. The number of carbonyl (C=O) groups is 2. The van der Waals surface area contributed by atoms with Crippen LogP contribution in [-0.4, -0.2) is 57.8 Å². The molecule has 2 saturated heterocycles. The first-order valence-corrected chi connectivity index (χ1v) is 10.3. The number of nitrogens with one attached hydrogen (secondary N) is 1. The van der Waals surface area contributed by atoms with Crippen molar-refractivity contribution in [1.29, 1.82) is 0 Å². The number of likely N-dealkylation sites (tertiary alicyclic amines) is 2. The van der Waals surface area contributed by atoms with Crippen molar-refractivity contribution in [2.75, 3.05) is 26.2 Å². The van der Waals surface area contributed by atoms with Gasteiger partial charge in [0.2, 0.25) is 5.91 Å². The molecule has 0 spiro atoms. The molecule has 3 aliphatic rings. The highest BCUT2D eigenvalue weighted by atomic mass is 16.2. The van der Waals surface area contributed by atoms with Crippen LogP contribution < -0.4 is 5.56 Å². The normalized spacial score (nSPS) is 21.8. The maximum absolute atomic E-state index is 12.8. The van der Waals surface area contributed by atoms with Gasteiger partial charge in [-0.1, -0.05) is 12.8 Å². The van der Waals surface area contributed by atoms with Crippen molar-refractivity contribution in [2.24, 2.45) is 5.92 Å². The number of piperidine rings is 1. The molecule has 1 aromatic heterocycles. The van der Waals surface area contributed by atoms with Gasteiger partial charge < -0.3 is 14.8 Å². The minimum Gasteiger partial charge on any atom is -0.342 e. The standard InChI is InChI=1S/C20H28N4O3/c25-17-13-16(21-18(22-17)14-5-6-14)20(27)24-11-7-15(8-12-24)19(26)23-9-3-1-2-4-10-23/h13-15H,1-12H2,(H,21,22,25). The molecule has 0 radical (unpaired) electrons. The molecule has 0 unspecified atom stereocenters. The number of amides is 2. The fourth-order valence-electron chi connectivity index (χ4n) is 4.18. The highest BCUT2D eigenvalue weighted by Gasteiger charge is 2.32. The van der Waals surface area contributed by atoms with Crippen LogP contribution in [0.5, 0.6) is 0 Å². The zero-order valence-corrected chi connectivity index (χ0v) is 15.8. The summed E-state index contributed by atoms with van der Waals surface area (Å²) in [4.78, 5) is 48.3. The van der Waals surface area contributed by atoms with E-state index in [1.165, 1.54) is 18.9 Å². The van der Waals surface area contributed by atoms with E-state index in [2.05, 4.69) is 9.97 Å². The quantitative estimate of drug-likeness (QED) is 0.878. The van der Waals surface area contributed by atoms with E-state index in [0.717, 1.165) is 38.8 Å². The van der Waals surface area contributed by atoms with Crippen LogP contribution >= 0.6 is 0 Å². The minimum atomic E-state index is -0.263. The van der Waals surface area contributed by atoms with Crippen LogP contribution in [0.4, 0.5) is 0 Å². The Morgan fingerprint density at radius 1 is 0.926 bits per heavy atom. The van der Waals surface area contributed by atoms with Crippen LogP contribution in [0.1, 0.15) is 73.6 Å². The Morgan fingerprint density at radius 2 is 1.59 bits per heavy atom. The molecular weight excluding hydrogens is 344 g/mol. The Hall–Kier alpha value is -2.18. The number of aromatic nitrogens is 2. The van der Waals surface area contributed by atoms with Crippen molar-refractivity contribution in [3.63, 3.8) is 0 Å². The van der Waals surface area contributed by atoms with Gasteiger partial charge in [-0.2, -0.15) is 0 Å². The molecule has 1 saturated carbocycles. The first kappa shape index (κ1) is 18.2. The number of carbonyl (C=O) groups excluding carboxylic acids is 2. The van der Waals surface area contributed by atoms with Crippen LogP contribution in [-0.2, 0) is 4.79 Å². The lowest BCUT2D eigenvalue weighted by molar-refractivity contribution is -0.136. The number of hydrogen-bond donors (Lipinski definition) is 1. The second-order valence-electron chi connectivity index (χ2n) is 8.10. The summed E-state index contributed by atoms with van der Waals surface area (Å²) < 4.78 is 0. The van der Waals surface area contributed by atoms with Gasteiger partial charge in [0.25, 0.3) is 11.5 Å². The average Bonchev–Trinajstić information content (AvgIpc) is 3.53. The highest BCUT2D eigenvalue weighted by molar-refractivity contribution is 5.92. The first-order valence-electron chi connectivity index (χ1n) is 10.3. The maximum atomic E-state index is 12.8. The Labute approximate surface area is 159 Å². The molecule has 1 aromatic rings. The number of aromatic amines is 1. The topological polar surface area (TPSA) is 86.4 Å². The van der Waals surface area contributed by atoms with E-state index in [1.807, 2.05) is 4.90 Å². The zero-order chi connectivity index (χ0) is 18.8. The monoisotopic (exact) mass is 372 g/mol. The predicted molar refractivity (Wildman–Crippen MR) is 101 cm³/mol. The molecule has 2 amide bonds. The van der Waals surface area contributed by atoms with Crippen LogP contribution in [0.2, 0.25) is 0 Å². The van der Waals surface area contributed by atoms with Crippen molar-refractivity contribution >= 4 is 11.8 Å². The number of hydrogen-bond acceptors (Lipinski definition) is 4. The van der Waals surface area contributed by atoms with Crippen LogP contribution in [0.25, 0.3) is 0 Å². The third-order valence-electron chi connectivity index (χ3n) is 5.99. The van der Waals surface area contributed by atoms with Gasteiger partial charge in [0.05, 0.1) is 0 Å². The number of rotatable bonds is 3. The van der Waals surface area contributed by atoms with Crippen LogP contribution in [0.3, 0.4) is 0 Å². The predicted octanol–water partition coefficient (Wildman–Crippen LogP) is 1.90. The van der Waals surface area contributed by atoms with E-state index in [9.17, 15) is 14.4 Å². The second-order valence-corrected chi connectivity index (χ2v) is 8.10. The molecule has 0 aromatic carbocycles. The zero-order valence-electron chi connectivity index (χ0n) is 15.8. The summed E-state index contributed by atoms with van der Waals surface area (Å²) in [5.74, 6) is 1.01. The van der Waals surface area contributed by atoms with E-state index in [1.54, 1.807) is 4.90 Å². The van der Waals surface area contributed by atoms with E-state index in [4.69, 9.17) is 0 Å². The summed E-state index contributed by atoms with van der Waals surface area (Å²) in [5, 5.41) is 0. The molecule has 0 atom stereocenters. The van der Waals surface area contributed by atoms with Gasteiger partial charge in [-0.05, 0) is 38.5 Å². The molecule has 1 N–H and O–H groups in total. The van der Waals surface area contributed by atoms with Crippen molar-refractivity contribution in [2.45, 2.75) is 57.3 Å². The van der Waals surface area contributed by atoms with Gasteiger partial charge in [-0.3, -0.25) is 14.4 Å². The Balaban J connectivity index is 1.36. The van der Waals surface area contributed by atoms with Crippen molar-refractivity contribution in [1.82, 2.24) is 19.8 Å². The molecule has 4 rings (SSSR count). The summed E-state index contributed by atoms with van der Waals surface area (Å²) in [6, 6.07) is 1.29. The molecule has 3 heterocycles. The van der Waals surface area contributed by atoms with Crippen molar-refractivity contribution in [3.05, 3.63) is 27.9 Å². The van der Waals surface area contributed by atoms with Gasteiger partial charge in [0.1, 0.15) is 11.5 Å². The molecule has 0 bridgehead atoms. The van der Waals surface area contributed by atoms with E-state index >= 15 is 0 Å². The molecule has 146 valence electrons. The van der Waals surface area contributed by atoms with E-state index < -0.39 is 0 Å². The highest BCUT2D eigenvalue weighted by Crippen LogP contribution is 2.37. The van der Waals surface area contributed by atoms with E-state index in [-0.39, 0.29) is 29.0 Å². The van der Waals surface area contributed by atoms with E-state index in [0.29, 0.717) is 37.7 Å². The summed E-state index contributed by atoms with van der Waals surface area (Å²) in [6.07, 6.45) is 8.04. The van der Waals surface area contributed by atoms with Gasteiger partial charge >= 0.3 is 0 Å². The molecule has 27 heavy (non-hydrogen) atoms. The fraction of sp³-hybridized carbons (Fsp3) is 0.700. The van der Waals surface area contributed by atoms with Gasteiger partial charge in [-0.15, -0.1) is 0 Å². The number of nitrogens with zero attached hydrogens (tertiary/aromatic N) is 3. The van der Waals surface area contributed by atoms with Crippen molar-refractivity contribution in [3.8, 4) is 0 Å². The summed E-state index contributed by atoms with van der Waals surface area (Å²) >= 11 is 0. The van der Waals surface area contributed by atoms with Crippen molar-refractivity contribution < 1.29 is 9.59 Å². The fourth-order valence-corrected chi connectivity index (χ4v) is 4.18. The third kappa shape index (κ3) is 4.22. The molecule has 7 nitrogen and oxygen atoms in total. The summed E-state index contributed by atoms with van der Waals surface area (Å²) in [5.41, 5.74) is -0.0283. The van der Waals surface area contributed by atoms with Gasteiger partial charge in [0, 0.05) is 44.1 Å². The Bertz CT molecular complexity index is 755. The largest absolute Gasteiger partial charge is 0.342 e. The second kappa shape index (κ2) is 7.82. The molecule has 7 heteroatoms. The Morgan fingerprint density at radius 3 is 2.22 bits per heavy atom. The summed E-state index contributed by atoms with van der Waals surface area (Å²) in [7, 11) is 0. The molecular formula is C20H28N4O3. The molecule has 2 aliphatic heterocycles. The maximum Gasteiger partial charge on any atom is 0.272 e. The lowest BCUT2D eigenvalue weighted by atomic mass is 9.95. The van der Waals surface area contributed by atoms with Gasteiger partial charge in [-0.25, -0.2) is 4.98 Å². The Kier molecular flexibility index (Phi) is 5.27. The lowest BCUT2D eigenvalue weighted by Gasteiger charge is -2.34.